The Balaban J connectivity index is 2.32. The summed E-state index contributed by atoms with van der Waals surface area (Å²) in [5.41, 5.74) is 2.53. The Morgan fingerprint density at radius 1 is 1.22 bits per heavy atom. The number of fused-ring (bicyclic) bond motifs is 1. The Bertz CT molecular complexity index is 544. The number of aromatic nitrogens is 1. The van der Waals surface area contributed by atoms with E-state index in [2.05, 4.69) is 4.98 Å². The van der Waals surface area contributed by atoms with Gasteiger partial charge in [0, 0.05) is 17.0 Å². The predicted molar refractivity (Wildman–Crippen MR) is 72.8 cm³/mol. The summed E-state index contributed by atoms with van der Waals surface area (Å²) in [7, 11) is 0. The second-order valence-corrected chi connectivity index (χ2v) is 4.77. The first-order valence-electron chi connectivity index (χ1n) is 5.91. The first-order chi connectivity index (χ1) is 8.61. The van der Waals surface area contributed by atoms with Crippen LogP contribution in [-0.2, 0) is 0 Å². The summed E-state index contributed by atoms with van der Waals surface area (Å²) in [6.45, 7) is 1.94. The van der Waals surface area contributed by atoms with Crippen molar-refractivity contribution in [2.24, 2.45) is 0 Å². The van der Waals surface area contributed by atoms with E-state index in [9.17, 15) is 10.2 Å². The minimum Gasteiger partial charge on any atom is -0.390 e. The zero-order valence-electron chi connectivity index (χ0n) is 10.2. The maximum Gasteiger partial charge on any atom is 0.105 e. The number of alkyl halides is 1. The van der Waals surface area contributed by atoms with Crippen LogP contribution in [0.15, 0.2) is 30.3 Å². The molecule has 0 aliphatic heterocycles. The lowest BCUT2D eigenvalue weighted by Gasteiger charge is -2.17. The summed E-state index contributed by atoms with van der Waals surface area (Å²) >= 11 is 5.56. The standard InChI is InChI=1S/C14H16ClNO2/c1-9-2-3-10-8-11(4-5-12(10)16-9)14(18)13(17)6-7-15/h2-5,8,13-14,17-18H,6-7H2,1H3. The molecule has 2 aromatic rings. The van der Waals surface area contributed by atoms with Crippen molar-refractivity contribution >= 4 is 22.5 Å². The molecule has 18 heavy (non-hydrogen) atoms. The van der Waals surface area contributed by atoms with Gasteiger partial charge < -0.3 is 10.2 Å². The van der Waals surface area contributed by atoms with E-state index in [4.69, 9.17) is 11.6 Å². The second kappa shape index (κ2) is 5.65. The lowest BCUT2D eigenvalue weighted by Crippen LogP contribution is -2.18. The van der Waals surface area contributed by atoms with Gasteiger partial charge in [-0.15, -0.1) is 11.6 Å². The fraction of sp³-hybridized carbons (Fsp3) is 0.357. The van der Waals surface area contributed by atoms with Gasteiger partial charge in [-0.05, 0) is 37.1 Å². The summed E-state index contributed by atoms with van der Waals surface area (Å²) in [6.07, 6.45) is -1.37. The summed E-state index contributed by atoms with van der Waals surface area (Å²) in [4.78, 5) is 4.39. The number of hydrogen-bond acceptors (Lipinski definition) is 3. The van der Waals surface area contributed by atoms with Crippen molar-refractivity contribution in [3.05, 3.63) is 41.6 Å². The number of aliphatic hydroxyl groups is 2. The molecule has 4 heteroatoms. The van der Waals surface area contributed by atoms with Crippen molar-refractivity contribution in [2.45, 2.75) is 25.6 Å². The van der Waals surface area contributed by atoms with Crippen LogP contribution in [0.5, 0.6) is 0 Å². The molecule has 2 unspecified atom stereocenters. The van der Waals surface area contributed by atoms with Crippen LogP contribution in [0.4, 0.5) is 0 Å². The predicted octanol–water partition coefficient (Wildman–Crippen LogP) is 2.57. The van der Waals surface area contributed by atoms with Crippen LogP contribution in [-0.4, -0.2) is 27.2 Å². The van der Waals surface area contributed by atoms with Gasteiger partial charge in [0.05, 0.1) is 11.6 Å². The van der Waals surface area contributed by atoms with Crippen molar-refractivity contribution in [1.29, 1.82) is 0 Å². The third kappa shape index (κ3) is 2.80. The van der Waals surface area contributed by atoms with Crippen LogP contribution in [0.3, 0.4) is 0 Å². The molecule has 0 radical (unpaired) electrons. The molecule has 0 aliphatic rings. The van der Waals surface area contributed by atoms with Crippen molar-refractivity contribution in [2.75, 3.05) is 5.88 Å². The van der Waals surface area contributed by atoms with Crippen LogP contribution < -0.4 is 0 Å². The quantitative estimate of drug-likeness (QED) is 0.836. The summed E-state index contributed by atoms with van der Waals surface area (Å²) in [5.74, 6) is 0.326. The number of halogens is 1. The minimum absolute atomic E-state index is 0.326. The highest BCUT2D eigenvalue weighted by atomic mass is 35.5. The molecule has 0 saturated carbocycles. The zero-order chi connectivity index (χ0) is 13.1. The second-order valence-electron chi connectivity index (χ2n) is 4.39. The van der Waals surface area contributed by atoms with E-state index in [-0.39, 0.29) is 0 Å². The molecule has 96 valence electrons. The monoisotopic (exact) mass is 265 g/mol. The van der Waals surface area contributed by atoms with Gasteiger partial charge in [-0.25, -0.2) is 0 Å². The first kappa shape index (κ1) is 13.3. The lowest BCUT2D eigenvalue weighted by atomic mass is 10.0. The number of nitrogens with zero attached hydrogens (tertiary/aromatic N) is 1. The number of aryl methyl sites for hydroxylation is 1. The zero-order valence-corrected chi connectivity index (χ0v) is 10.9. The normalized spacial score (nSPS) is 14.7. The van der Waals surface area contributed by atoms with Gasteiger partial charge in [0.15, 0.2) is 0 Å². The number of benzene rings is 1. The van der Waals surface area contributed by atoms with Gasteiger partial charge in [0.2, 0.25) is 0 Å². The molecule has 0 bridgehead atoms. The van der Waals surface area contributed by atoms with Crippen LogP contribution in [0.25, 0.3) is 10.9 Å². The fourth-order valence-corrected chi connectivity index (χ4v) is 2.15. The van der Waals surface area contributed by atoms with Crippen LogP contribution in [0, 0.1) is 6.92 Å². The van der Waals surface area contributed by atoms with E-state index in [1.54, 1.807) is 6.07 Å². The minimum atomic E-state index is -0.908. The molecular weight excluding hydrogens is 250 g/mol. The Hall–Kier alpha value is -1.16. The van der Waals surface area contributed by atoms with Gasteiger partial charge in [0.25, 0.3) is 0 Å². The van der Waals surface area contributed by atoms with Crippen molar-refractivity contribution in [3.63, 3.8) is 0 Å². The highest BCUT2D eigenvalue weighted by Gasteiger charge is 2.17. The third-order valence-electron chi connectivity index (χ3n) is 2.96. The van der Waals surface area contributed by atoms with Gasteiger partial charge in [0.1, 0.15) is 6.10 Å². The van der Waals surface area contributed by atoms with Gasteiger partial charge in [-0.3, -0.25) is 4.98 Å². The fourth-order valence-electron chi connectivity index (χ4n) is 1.92. The average Bonchev–Trinajstić information content (AvgIpc) is 2.37. The molecular formula is C14H16ClNO2. The van der Waals surface area contributed by atoms with E-state index in [1.165, 1.54) is 0 Å². The summed E-state index contributed by atoms with van der Waals surface area (Å²) < 4.78 is 0. The largest absolute Gasteiger partial charge is 0.390 e. The SMILES string of the molecule is Cc1ccc2cc(C(O)C(O)CCCl)ccc2n1. The van der Waals surface area contributed by atoms with Crippen molar-refractivity contribution in [1.82, 2.24) is 4.98 Å². The van der Waals surface area contributed by atoms with Crippen LogP contribution >= 0.6 is 11.6 Å². The van der Waals surface area contributed by atoms with Crippen molar-refractivity contribution in [3.8, 4) is 0 Å². The first-order valence-corrected chi connectivity index (χ1v) is 6.44. The lowest BCUT2D eigenvalue weighted by molar-refractivity contribution is 0.0171. The molecule has 2 atom stereocenters. The molecule has 1 aromatic carbocycles. The molecule has 2 rings (SSSR count). The highest BCUT2D eigenvalue weighted by Crippen LogP contribution is 2.23. The molecule has 1 heterocycles. The molecule has 3 nitrogen and oxygen atoms in total. The van der Waals surface area contributed by atoms with Gasteiger partial charge in [-0.2, -0.15) is 0 Å². The third-order valence-corrected chi connectivity index (χ3v) is 3.18. The van der Waals surface area contributed by atoms with E-state index < -0.39 is 12.2 Å². The smallest absolute Gasteiger partial charge is 0.105 e. The number of aliphatic hydroxyl groups excluding tert-OH is 2. The molecule has 0 aliphatic carbocycles. The molecule has 0 amide bonds. The van der Waals surface area contributed by atoms with E-state index in [1.807, 2.05) is 31.2 Å². The highest BCUT2D eigenvalue weighted by molar-refractivity contribution is 6.17. The van der Waals surface area contributed by atoms with E-state index in [0.717, 1.165) is 16.6 Å². The maximum atomic E-state index is 10.0. The Kier molecular flexibility index (Phi) is 4.17. The summed E-state index contributed by atoms with van der Waals surface area (Å²) in [6, 6.07) is 9.38. The maximum absolute atomic E-state index is 10.0. The molecule has 0 spiro atoms. The Morgan fingerprint density at radius 3 is 2.72 bits per heavy atom. The van der Waals surface area contributed by atoms with Crippen molar-refractivity contribution < 1.29 is 10.2 Å². The molecule has 0 saturated heterocycles. The Labute approximate surface area is 111 Å². The van der Waals surface area contributed by atoms with Gasteiger partial charge >= 0.3 is 0 Å². The number of pyridine rings is 1. The van der Waals surface area contributed by atoms with Crippen LogP contribution in [0.1, 0.15) is 23.8 Å². The molecule has 2 N–H and O–H groups in total. The van der Waals surface area contributed by atoms with E-state index >= 15 is 0 Å². The van der Waals surface area contributed by atoms with E-state index in [0.29, 0.717) is 17.9 Å². The number of rotatable bonds is 4. The average molecular weight is 266 g/mol. The Morgan fingerprint density at radius 2 is 2.00 bits per heavy atom. The summed E-state index contributed by atoms with van der Waals surface area (Å²) in [5, 5.41) is 20.7. The van der Waals surface area contributed by atoms with Gasteiger partial charge in [-0.1, -0.05) is 12.1 Å². The molecule has 0 fully saturated rings. The molecule has 1 aromatic heterocycles. The topological polar surface area (TPSA) is 53.4 Å². The van der Waals surface area contributed by atoms with Crippen LogP contribution in [0.2, 0.25) is 0 Å². The number of hydrogen-bond donors (Lipinski definition) is 2.